The van der Waals surface area contributed by atoms with Crippen molar-refractivity contribution in [3.8, 4) is 11.4 Å². The molecule has 4 rings (SSSR count). The van der Waals surface area contributed by atoms with Crippen LogP contribution in [0.4, 0.5) is 0 Å². The molecule has 2 N–H and O–H groups in total. The maximum absolute atomic E-state index is 9.19. The van der Waals surface area contributed by atoms with Crippen molar-refractivity contribution < 1.29 is 5.11 Å². The van der Waals surface area contributed by atoms with Crippen LogP contribution in [0.3, 0.4) is 0 Å². The topological polar surface area (TPSA) is 84.5 Å². The summed E-state index contributed by atoms with van der Waals surface area (Å²) in [4.78, 5) is 8.08. The molecule has 134 valence electrons. The van der Waals surface area contributed by atoms with Gasteiger partial charge in [-0.2, -0.15) is 10.2 Å². The fourth-order valence-electron chi connectivity index (χ4n) is 3.24. The third kappa shape index (κ3) is 2.89. The van der Waals surface area contributed by atoms with Crippen LogP contribution in [0.5, 0.6) is 0 Å². The van der Waals surface area contributed by atoms with Crippen LogP contribution in [0.2, 0.25) is 5.02 Å². The van der Waals surface area contributed by atoms with Gasteiger partial charge in [-0.15, -0.1) is 0 Å². The van der Waals surface area contributed by atoms with Gasteiger partial charge in [-0.3, -0.25) is 4.68 Å². The molecule has 0 aliphatic heterocycles. The first-order valence-electron chi connectivity index (χ1n) is 8.38. The van der Waals surface area contributed by atoms with E-state index in [-0.39, 0.29) is 6.61 Å². The minimum Gasteiger partial charge on any atom is -0.394 e. The Labute approximate surface area is 155 Å². The first-order valence-corrected chi connectivity index (χ1v) is 8.76. The number of fused-ring (bicyclic) bond motifs is 1. The van der Waals surface area contributed by atoms with E-state index in [0.29, 0.717) is 18.1 Å². The molecule has 0 fully saturated rings. The third-order valence-corrected chi connectivity index (χ3v) is 4.67. The Morgan fingerprint density at radius 3 is 2.85 bits per heavy atom. The van der Waals surface area contributed by atoms with Gasteiger partial charge in [0.1, 0.15) is 11.3 Å². The summed E-state index contributed by atoms with van der Waals surface area (Å²) in [7, 11) is 0. The van der Waals surface area contributed by atoms with Gasteiger partial charge in [0.15, 0.2) is 5.65 Å². The van der Waals surface area contributed by atoms with E-state index < -0.39 is 0 Å². The highest BCUT2D eigenvalue weighted by atomic mass is 35.5. The Morgan fingerprint density at radius 2 is 2.08 bits per heavy atom. The zero-order chi connectivity index (χ0) is 18.3. The molecule has 0 saturated heterocycles. The first kappa shape index (κ1) is 16.8. The number of aromatic amines is 1. The Kier molecular flexibility index (Phi) is 4.26. The van der Waals surface area contributed by atoms with Crippen molar-refractivity contribution in [1.29, 1.82) is 0 Å². The number of nitrogens with zero attached hydrogens (tertiary/aromatic N) is 5. The number of hydrogen-bond acceptors (Lipinski definition) is 4. The molecule has 3 aromatic heterocycles. The molecule has 1 aromatic carbocycles. The third-order valence-electron chi connectivity index (χ3n) is 4.43. The molecule has 7 nitrogen and oxygen atoms in total. The van der Waals surface area contributed by atoms with Crippen LogP contribution in [-0.4, -0.2) is 41.2 Å². The number of imidazole rings is 1. The summed E-state index contributed by atoms with van der Waals surface area (Å²) in [6.45, 7) is 5.04. The lowest BCUT2D eigenvalue weighted by molar-refractivity contribution is 0.268. The van der Waals surface area contributed by atoms with Crippen molar-refractivity contribution >= 4 is 22.8 Å². The summed E-state index contributed by atoms with van der Waals surface area (Å²) in [6, 6.07) is 7.72. The van der Waals surface area contributed by atoms with E-state index in [1.807, 2.05) is 42.8 Å². The average Bonchev–Trinajstić information content (AvgIpc) is 3.23. The van der Waals surface area contributed by atoms with Gasteiger partial charge in [0, 0.05) is 10.7 Å². The van der Waals surface area contributed by atoms with E-state index in [0.717, 1.165) is 39.5 Å². The van der Waals surface area contributed by atoms with Crippen LogP contribution in [0.1, 0.15) is 17.0 Å². The molecule has 0 aliphatic carbocycles. The van der Waals surface area contributed by atoms with Crippen molar-refractivity contribution in [3.63, 3.8) is 0 Å². The van der Waals surface area contributed by atoms with Gasteiger partial charge in [0.05, 0.1) is 37.2 Å². The molecule has 0 spiro atoms. The number of aryl methyl sites for hydroxylation is 1. The van der Waals surface area contributed by atoms with Gasteiger partial charge in [0.25, 0.3) is 0 Å². The smallest absolute Gasteiger partial charge is 0.177 e. The predicted octanol–water partition coefficient (Wildman–Crippen LogP) is 2.93. The molecular formula is C18H19ClN6O. The zero-order valence-electron chi connectivity index (χ0n) is 14.6. The second-order valence-corrected chi connectivity index (χ2v) is 6.68. The highest BCUT2D eigenvalue weighted by Crippen LogP contribution is 2.27. The molecule has 8 heteroatoms. The Balaban J connectivity index is 1.72. The summed E-state index contributed by atoms with van der Waals surface area (Å²) < 4.78 is 3.65. The lowest BCUT2D eigenvalue weighted by Crippen LogP contribution is -2.05. The van der Waals surface area contributed by atoms with Crippen LogP contribution >= 0.6 is 11.6 Å². The molecule has 0 bridgehead atoms. The maximum atomic E-state index is 9.19. The predicted molar refractivity (Wildman–Crippen MR) is 100 cm³/mol. The molecule has 4 aromatic rings. The number of aliphatic hydroxyl groups excluding tert-OH is 1. The summed E-state index contributed by atoms with van der Waals surface area (Å²) in [5, 5.41) is 18.8. The summed E-state index contributed by atoms with van der Waals surface area (Å²) in [5.41, 5.74) is 5.53. The van der Waals surface area contributed by atoms with Crippen molar-refractivity contribution in [1.82, 2.24) is 29.5 Å². The van der Waals surface area contributed by atoms with Crippen molar-refractivity contribution in [2.45, 2.75) is 26.9 Å². The SMILES string of the molecule is Cc1nn(CCO)c(C)c1-c1nc2c(cnn2Cc2cccc(Cl)c2)[nH]1. The molecule has 0 saturated carbocycles. The van der Waals surface area contributed by atoms with Crippen molar-refractivity contribution in [3.05, 3.63) is 52.4 Å². The highest BCUT2D eigenvalue weighted by Gasteiger charge is 2.18. The molecule has 26 heavy (non-hydrogen) atoms. The number of H-pyrrole nitrogens is 1. The van der Waals surface area contributed by atoms with Crippen LogP contribution in [-0.2, 0) is 13.1 Å². The number of aliphatic hydroxyl groups is 1. The number of nitrogens with one attached hydrogen (secondary N) is 1. The van der Waals surface area contributed by atoms with Crippen LogP contribution in [0.25, 0.3) is 22.6 Å². The molecule has 0 unspecified atom stereocenters. The van der Waals surface area contributed by atoms with Gasteiger partial charge in [0.2, 0.25) is 0 Å². The number of aromatic nitrogens is 6. The number of halogens is 1. The standard InChI is InChI=1S/C18H19ClN6O/c1-11-16(12(2)24(23-11)6-7-26)17-21-15-9-20-25(18(15)22-17)10-13-4-3-5-14(19)8-13/h3-5,8-9,26H,6-7,10H2,1-2H3,(H,21,22). The van der Waals surface area contributed by atoms with E-state index >= 15 is 0 Å². The maximum Gasteiger partial charge on any atom is 0.177 e. The lowest BCUT2D eigenvalue weighted by atomic mass is 10.2. The quantitative estimate of drug-likeness (QED) is 0.565. The normalized spacial score (nSPS) is 11.5. The number of hydrogen-bond donors (Lipinski definition) is 2. The summed E-state index contributed by atoms with van der Waals surface area (Å²) >= 11 is 6.07. The molecule has 0 atom stereocenters. The summed E-state index contributed by atoms with van der Waals surface area (Å²) in [5.74, 6) is 0.761. The second-order valence-electron chi connectivity index (χ2n) is 6.25. The summed E-state index contributed by atoms with van der Waals surface area (Å²) in [6.07, 6.45) is 1.78. The number of rotatable bonds is 5. The minimum atomic E-state index is 0.0517. The fraction of sp³-hybridized carbons (Fsp3) is 0.278. The Bertz CT molecular complexity index is 1080. The molecule has 0 radical (unpaired) electrons. The van der Waals surface area contributed by atoms with Gasteiger partial charge >= 0.3 is 0 Å². The zero-order valence-corrected chi connectivity index (χ0v) is 15.3. The van der Waals surface area contributed by atoms with Crippen molar-refractivity contribution in [2.75, 3.05) is 6.61 Å². The van der Waals surface area contributed by atoms with Gasteiger partial charge in [-0.1, -0.05) is 23.7 Å². The lowest BCUT2D eigenvalue weighted by Gasteiger charge is -2.03. The van der Waals surface area contributed by atoms with Crippen LogP contribution in [0.15, 0.2) is 30.5 Å². The first-order chi connectivity index (χ1) is 12.6. The average molecular weight is 371 g/mol. The van der Waals surface area contributed by atoms with E-state index in [1.165, 1.54) is 0 Å². The van der Waals surface area contributed by atoms with Gasteiger partial charge in [-0.05, 0) is 31.5 Å². The van der Waals surface area contributed by atoms with Crippen LogP contribution in [0, 0.1) is 13.8 Å². The van der Waals surface area contributed by atoms with E-state index in [9.17, 15) is 5.11 Å². The second kappa shape index (κ2) is 6.59. The molecule has 0 amide bonds. The molecule has 0 aliphatic rings. The largest absolute Gasteiger partial charge is 0.394 e. The fourth-order valence-corrected chi connectivity index (χ4v) is 3.45. The van der Waals surface area contributed by atoms with E-state index in [2.05, 4.69) is 15.2 Å². The Morgan fingerprint density at radius 1 is 1.23 bits per heavy atom. The minimum absolute atomic E-state index is 0.0517. The van der Waals surface area contributed by atoms with Crippen LogP contribution < -0.4 is 0 Å². The monoisotopic (exact) mass is 370 g/mol. The molecule has 3 heterocycles. The number of benzene rings is 1. The molecular weight excluding hydrogens is 352 g/mol. The van der Waals surface area contributed by atoms with Gasteiger partial charge in [-0.25, -0.2) is 9.67 Å². The highest BCUT2D eigenvalue weighted by molar-refractivity contribution is 6.30. The van der Waals surface area contributed by atoms with Gasteiger partial charge < -0.3 is 10.1 Å². The van der Waals surface area contributed by atoms with E-state index in [4.69, 9.17) is 16.6 Å². The Hall–Kier alpha value is -2.64. The van der Waals surface area contributed by atoms with E-state index in [1.54, 1.807) is 10.9 Å². The van der Waals surface area contributed by atoms with Crippen molar-refractivity contribution in [2.24, 2.45) is 0 Å².